The van der Waals surface area contributed by atoms with Crippen molar-refractivity contribution >= 4 is 34.6 Å². The minimum atomic E-state index is -1.92. The Balaban J connectivity index is 0.840. The van der Waals surface area contributed by atoms with E-state index in [0.29, 0.717) is 47.7 Å². The van der Waals surface area contributed by atoms with E-state index in [4.69, 9.17) is 19.2 Å². The van der Waals surface area contributed by atoms with Gasteiger partial charge in [0.05, 0.1) is 40.4 Å². The summed E-state index contributed by atoms with van der Waals surface area (Å²) in [6.07, 6.45) is 5.17. The zero-order chi connectivity index (χ0) is 48.7. The van der Waals surface area contributed by atoms with Crippen LogP contribution in [0.5, 0.6) is 5.75 Å². The number of carbonyl (C=O) groups excluding carboxylic acids is 3. The van der Waals surface area contributed by atoms with Crippen molar-refractivity contribution in [3.63, 3.8) is 0 Å². The summed E-state index contributed by atoms with van der Waals surface area (Å²) < 4.78 is 21.4. The Morgan fingerprint density at radius 1 is 0.914 bits per heavy atom. The average molecular weight is 942 g/mol. The number of aliphatic hydroxyl groups is 1. The van der Waals surface area contributed by atoms with Crippen molar-refractivity contribution in [1.29, 1.82) is 0 Å². The minimum absolute atomic E-state index is 0.0602. The standard InChI is InChI=1S/C55H55N7O8/c1-5-38-43-26-37(21-23-48(43)56-51-44(38)30-61-49(51)27-47-46(52(61)64)32-68-53(65)55(47,67)6-2)70-33-62(36-15-9-7-10-16-36)54(66)69-31-45-40-18-13-12-17-39(40)41-22-20-35(25-42(41)45)29-59(4)50(63)19-11-8-14-24-60-28-34(3)57-58-60/h7,9-10,12-13,15-18,20-23,25-28,45,67H,5-6,8,11,14,19,24,29-33H2,1-4H3/t45?,55-/m0/s1. The van der Waals surface area contributed by atoms with Gasteiger partial charge in [0.1, 0.15) is 19.0 Å². The van der Waals surface area contributed by atoms with E-state index in [9.17, 15) is 24.3 Å². The minimum Gasteiger partial charge on any atom is -0.473 e. The molecule has 7 aromatic rings. The third-order valence-corrected chi connectivity index (χ3v) is 14.0. The molecule has 4 aromatic carbocycles. The number of unbranched alkanes of at least 4 members (excludes halogenated alkanes) is 2. The summed E-state index contributed by atoms with van der Waals surface area (Å²) in [5.74, 6) is -0.390. The van der Waals surface area contributed by atoms with Crippen LogP contribution in [0.3, 0.4) is 0 Å². The van der Waals surface area contributed by atoms with Crippen molar-refractivity contribution in [3.8, 4) is 28.3 Å². The number of amides is 2. The summed E-state index contributed by atoms with van der Waals surface area (Å²) in [5.41, 5.74) is 8.82. The molecule has 0 fully saturated rings. The molecule has 0 spiro atoms. The van der Waals surface area contributed by atoms with Gasteiger partial charge in [-0.15, -0.1) is 5.10 Å². The van der Waals surface area contributed by atoms with Crippen molar-refractivity contribution in [3.05, 3.63) is 158 Å². The molecule has 358 valence electrons. The number of aryl methyl sites for hydroxylation is 3. The van der Waals surface area contributed by atoms with E-state index in [2.05, 4.69) is 40.6 Å². The van der Waals surface area contributed by atoms with Crippen LogP contribution in [0.2, 0.25) is 0 Å². The highest BCUT2D eigenvalue weighted by atomic mass is 16.6. The van der Waals surface area contributed by atoms with Gasteiger partial charge in [-0.25, -0.2) is 19.5 Å². The molecule has 2 amide bonds. The third-order valence-electron chi connectivity index (χ3n) is 14.0. The number of benzene rings is 4. The Bertz CT molecular complexity index is 3240. The highest BCUT2D eigenvalue weighted by Crippen LogP contribution is 2.46. The number of esters is 1. The maximum atomic E-state index is 14.3. The lowest BCUT2D eigenvalue weighted by Crippen LogP contribution is -2.44. The van der Waals surface area contributed by atoms with Gasteiger partial charge in [0.15, 0.2) is 12.3 Å². The topological polar surface area (TPSA) is 171 Å². The number of rotatable bonds is 16. The van der Waals surface area contributed by atoms with Crippen molar-refractivity contribution < 1.29 is 33.7 Å². The number of hydrogen-bond acceptors (Lipinski definition) is 11. The molecule has 1 aliphatic carbocycles. The number of anilines is 1. The van der Waals surface area contributed by atoms with Crippen molar-refractivity contribution in [2.45, 2.75) is 97.1 Å². The molecule has 2 aliphatic heterocycles. The maximum Gasteiger partial charge on any atom is 0.417 e. The first-order chi connectivity index (χ1) is 33.9. The van der Waals surface area contributed by atoms with Crippen LogP contribution in [0.25, 0.3) is 33.4 Å². The van der Waals surface area contributed by atoms with Crippen LogP contribution in [0, 0.1) is 6.92 Å². The molecular formula is C55H55N7O8. The zero-order valence-electron chi connectivity index (χ0n) is 39.8. The first-order valence-electron chi connectivity index (χ1n) is 24.0. The van der Waals surface area contributed by atoms with Gasteiger partial charge in [0, 0.05) is 55.2 Å². The SMILES string of the molecule is CCc1c2c(nc3ccc(OCN(C(=O)OCC4c5ccccc5-c5ccc(CN(C)C(=O)CCCCCn6cc(C)nn6)cc54)c4ccccc4)cc13)-c1cc3c(c(=O)n1C2)COC(=O)[C@]3(O)CC. The van der Waals surface area contributed by atoms with Gasteiger partial charge in [0.2, 0.25) is 5.91 Å². The van der Waals surface area contributed by atoms with E-state index in [1.54, 1.807) is 28.5 Å². The van der Waals surface area contributed by atoms with E-state index >= 15 is 0 Å². The van der Waals surface area contributed by atoms with Crippen LogP contribution in [0.15, 0.2) is 108 Å². The number of ether oxygens (including phenoxy) is 3. The lowest BCUT2D eigenvalue weighted by Gasteiger charge is -2.31. The number of carbonyl (C=O) groups is 3. The smallest absolute Gasteiger partial charge is 0.417 e. The second kappa shape index (κ2) is 19.0. The lowest BCUT2D eigenvalue weighted by molar-refractivity contribution is -0.172. The van der Waals surface area contributed by atoms with Crippen LogP contribution in [-0.4, -0.2) is 72.9 Å². The number of hydrogen-bond donors (Lipinski definition) is 1. The second-order valence-corrected chi connectivity index (χ2v) is 18.4. The molecule has 15 heteroatoms. The Kier molecular flexibility index (Phi) is 12.5. The predicted molar refractivity (Wildman–Crippen MR) is 263 cm³/mol. The molecule has 0 bridgehead atoms. The first kappa shape index (κ1) is 46.1. The van der Waals surface area contributed by atoms with E-state index in [1.807, 2.05) is 86.4 Å². The Hall–Kier alpha value is -7.65. The molecule has 70 heavy (non-hydrogen) atoms. The first-order valence-corrected chi connectivity index (χ1v) is 24.0. The van der Waals surface area contributed by atoms with Gasteiger partial charge in [-0.1, -0.05) is 86.1 Å². The van der Waals surface area contributed by atoms with Crippen LogP contribution in [-0.2, 0) is 57.3 Å². The number of aromatic nitrogens is 5. The molecular weight excluding hydrogens is 887 g/mol. The zero-order valence-corrected chi connectivity index (χ0v) is 39.8. The van der Waals surface area contributed by atoms with Gasteiger partial charge >= 0.3 is 12.1 Å². The van der Waals surface area contributed by atoms with Crippen LogP contribution in [0.1, 0.15) is 96.5 Å². The predicted octanol–water partition coefficient (Wildman–Crippen LogP) is 8.55. The fourth-order valence-corrected chi connectivity index (χ4v) is 10.3. The Labute approximate surface area is 405 Å². The molecule has 1 N–H and O–H groups in total. The van der Waals surface area contributed by atoms with Crippen molar-refractivity contribution in [1.82, 2.24) is 29.4 Å². The molecule has 0 saturated carbocycles. The Morgan fingerprint density at radius 3 is 2.50 bits per heavy atom. The van der Waals surface area contributed by atoms with Gasteiger partial charge in [-0.05, 0) is 102 Å². The van der Waals surface area contributed by atoms with Gasteiger partial charge in [-0.2, -0.15) is 0 Å². The molecule has 3 aromatic heterocycles. The fourth-order valence-electron chi connectivity index (χ4n) is 10.3. The van der Waals surface area contributed by atoms with Crippen LogP contribution >= 0.6 is 0 Å². The van der Waals surface area contributed by atoms with E-state index in [-0.39, 0.29) is 61.4 Å². The number of para-hydroxylation sites is 1. The summed E-state index contributed by atoms with van der Waals surface area (Å²) in [6.45, 7) is 6.91. The second-order valence-electron chi connectivity index (χ2n) is 18.4. The van der Waals surface area contributed by atoms with Crippen LogP contribution < -0.4 is 15.2 Å². The van der Waals surface area contributed by atoms with E-state index < -0.39 is 17.7 Å². The van der Waals surface area contributed by atoms with E-state index in [1.165, 1.54) is 4.90 Å². The average Bonchev–Trinajstić information content (AvgIpc) is 4.06. The highest BCUT2D eigenvalue weighted by molar-refractivity contribution is 5.91. The molecule has 0 radical (unpaired) electrons. The Morgan fingerprint density at radius 2 is 1.71 bits per heavy atom. The number of nitrogens with zero attached hydrogens (tertiary/aromatic N) is 7. The molecule has 1 unspecified atom stereocenters. The summed E-state index contributed by atoms with van der Waals surface area (Å²) in [6, 6.07) is 31.0. The molecule has 10 rings (SSSR count). The number of cyclic esters (lactones) is 1. The summed E-state index contributed by atoms with van der Waals surface area (Å²) in [4.78, 5) is 62.3. The van der Waals surface area contributed by atoms with Gasteiger partial charge in [0.25, 0.3) is 5.56 Å². The van der Waals surface area contributed by atoms with Crippen molar-refractivity contribution in [2.75, 3.05) is 25.3 Å². The van der Waals surface area contributed by atoms with Crippen molar-refractivity contribution in [2.24, 2.45) is 0 Å². The highest BCUT2D eigenvalue weighted by Gasteiger charge is 2.45. The van der Waals surface area contributed by atoms with Gasteiger partial charge < -0.3 is 28.8 Å². The monoisotopic (exact) mass is 941 g/mol. The molecule has 3 aliphatic rings. The summed E-state index contributed by atoms with van der Waals surface area (Å²) in [7, 11) is 1.84. The molecule has 0 saturated heterocycles. The summed E-state index contributed by atoms with van der Waals surface area (Å²) in [5, 5.41) is 20.3. The van der Waals surface area contributed by atoms with Crippen LogP contribution in [0.4, 0.5) is 10.5 Å². The normalized spacial score (nSPS) is 16.2. The quantitative estimate of drug-likeness (QED) is 0.0559. The molecule has 15 nitrogen and oxygen atoms in total. The fraction of sp³-hybridized carbons (Fsp3) is 0.327. The number of pyridine rings is 2. The van der Waals surface area contributed by atoms with Gasteiger partial charge in [-0.3, -0.25) is 14.3 Å². The number of fused-ring (bicyclic) bond motifs is 8. The maximum absolute atomic E-state index is 14.3. The molecule has 5 heterocycles. The summed E-state index contributed by atoms with van der Waals surface area (Å²) >= 11 is 0. The largest absolute Gasteiger partial charge is 0.473 e. The van der Waals surface area contributed by atoms with E-state index in [0.717, 1.165) is 75.8 Å². The third kappa shape index (κ3) is 8.48. The molecule has 2 atom stereocenters. The lowest BCUT2D eigenvalue weighted by atomic mass is 9.86.